The maximum absolute atomic E-state index is 6.48. The molecular weight excluding hydrogens is 360 g/mol. The lowest BCUT2D eigenvalue weighted by molar-refractivity contribution is -0.0857. The van der Waals surface area contributed by atoms with E-state index in [1.807, 2.05) is 6.07 Å². The van der Waals surface area contributed by atoms with Crippen molar-refractivity contribution in [3.63, 3.8) is 0 Å². The number of morpholine rings is 1. The molecule has 4 atom stereocenters. The molecule has 0 amide bonds. The zero-order valence-electron chi connectivity index (χ0n) is 17.1. The molecule has 152 valence electrons. The van der Waals surface area contributed by atoms with Gasteiger partial charge in [0.25, 0.3) is 0 Å². The van der Waals surface area contributed by atoms with Gasteiger partial charge in [-0.05, 0) is 43.9 Å². The van der Waals surface area contributed by atoms with E-state index < -0.39 is 0 Å². The molecule has 3 heterocycles. The molecule has 2 fully saturated rings. The van der Waals surface area contributed by atoms with Crippen LogP contribution in [-0.2, 0) is 4.74 Å². The average Bonchev–Trinajstić information content (AvgIpc) is 3.07. The SMILES string of the molecule is Cc1nc2ccccc2n1C1C[C@H]2COC[C@@H](C1)N2CC[C@H](N)c1ccccc1. The number of ether oxygens (including phenoxy) is 1. The Hall–Kier alpha value is -2.21. The number of imidazole rings is 1. The minimum atomic E-state index is 0.0930. The van der Waals surface area contributed by atoms with Gasteiger partial charge in [-0.3, -0.25) is 4.90 Å². The van der Waals surface area contributed by atoms with Gasteiger partial charge in [0, 0.05) is 30.7 Å². The highest BCUT2D eigenvalue weighted by atomic mass is 16.5. The summed E-state index contributed by atoms with van der Waals surface area (Å²) in [5.41, 5.74) is 10.1. The first-order valence-corrected chi connectivity index (χ1v) is 10.8. The highest BCUT2D eigenvalue weighted by molar-refractivity contribution is 5.76. The van der Waals surface area contributed by atoms with E-state index in [4.69, 9.17) is 15.5 Å². The second kappa shape index (κ2) is 7.90. The number of hydrogen-bond donors (Lipinski definition) is 1. The number of benzene rings is 2. The Balaban J connectivity index is 1.32. The average molecular weight is 391 g/mol. The van der Waals surface area contributed by atoms with Crippen LogP contribution in [0.2, 0.25) is 0 Å². The Labute approximate surface area is 172 Å². The van der Waals surface area contributed by atoms with Crippen LogP contribution in [0.3, 0.4) is 0 Å². The van der Waals surface area contributed by atoms with Crippen LogP contribution in [0.1, 0.15) is 42.7 Å². The Morgan fingerprint density at radius 1 is 1.00 bits per heavy atom. The molecule has 29 heavy (non-hydrogen) atoms. The van der Waals surface area contributed by atoms with E-state index in [2.05, 4.69) is 64.9 Å². The smallest absolute Gasteiger partial charge is 0.106 e. The number of piperidine rings is 1. The molecule has 2 aliphatic rings. The minimum absolute atomic E-state index is 0.0930. The lowest BCUT2D eigenvalue weighted by atomic mass is 9.89. The molecule has 2 saturated heterocycles. The fraction of sp³-hybridized carbons (Fsp3) is 0.458. The van der Waals surface area contributed by atoms with E-state index in [0.717, 1.165) is 50.4 Å². The molecule has 1 aromatic heterocycles. The van der Waals surface area contributed by atoms with Gasteiger partial charge < -0.3 is 15.0 Å². The maximum atomic E-state index is 6.48. The van der Waals surface area contributed by atoms with Crippen molar-refractivity contribution in [1.82, 2.24) is 14.5 Å². The molecule has 0 saturated carbocycles. The first-order chi connectivity index (χ1) is 14.2. The lowest BCUT2D eigenvalue weighted by Crippen LogP contribution is -2.57. The van der Waals surface area contributed by atoms with E-state index >= 15 is 0 Å². The fourth-order valence-corrected chi connectivity index (χ4v) is 5.32. The van der Waals surface area contributed by atoms with Gasteiger partial charge in [-0.15, -0.1) is 0 Å². The van der Waals surface area contributed by atoms with E-state index in [9.17, 15) is 0 Å². The van der Waals surface area contributed by atoms with Gasteiger partial charge in [0.1, 0.15) is 5.82 Å². The summed E-state index contributed by atoms with van der Waals surface area (Å²) in [4.78, 5) is 7.46. The molecule has 2 bridgehead atoms. The predicted molar refractivity (Wildman–Crippen MR) is 116 cm³/mol. The Morgan fingerprint density at radius 2 is 1.69 bits per heavy atom. The van der Waals surface area contributed by atoms with E-state index in [1.54, 1.807) is 0 Å². The third kappa shape index (κ3) is 3.59. The van der Waals surface area contributed by atoms with Crippen LogP contribution in [0.4, 0.5) is 0 Å². The lowest BCUT2D eigenvalue weighted by Gasteiger charge is -2.49. The number of hydrogen-bond acceptors (Lipinski definition) is 4. The van der Waals surface area contributed by atoms with Crippen molar-refractivity contribution in [3.8, 4) is 0 Å². The quantitative estimate of drug-likeness (QED) is 0.719. The molecule has 2 N–H and O–H groups in total. The number of rotatable bonds is 5. The monoisotopic (exact) mass is 390 g/mol. The van der Waals surface area contributed by atoms with Crippen molar-refractivity contribution < 1.29 is 4.74 Å². The fourth-order valence-electron chi connectivity index (χ4n) is 5.32. The number of aryl methyl sites for hydroxylation is 1. The zero-order valence-corrected chi connectivity index (χ0v) is 17.1. The van der Waals surface area contributed by atoms with Crippen molar-refractivity contribution in [2.75, 3.05) is 19.8 Å². The van der Waals surface area contributed by atoms with Gasteiger partial charge in [-0.25, -0.2) is 4.98 Å². The van der Waals surface area contributed by atoms with Crippen LogP contribution in [0.25, 0.3) is 11.0 Å². The Kier molecular flexibility index (Phi) is 5.12. The van der Waals surface area contributed by atoms with Gasteiger partial charge >= 0.3 is 0 Å². The topological polar surface area (TPSA) is 56.3 Å². The number of nitrogens with two attached hydrogens (primary N) is 1. The standard InChI is InChI=1S/C24H30N4O/c1-17-26-23-9-5-6-10-24(23)28(17)19-13-20-15-29-16-21(14-19)27(20)12-11-22(25)18-7-3-2-4-8-18/h2-10,19-22H,11-16,25H2,1H3/t19?,20-,21+,22-/m0/s1. The van der Waals surface area contributed by atoms with Gasteiger partial charge in [-0.1, -0.05) is 42.5 Å². The Bertz CT molecular complexity index is 955. The van der Waals surface area contributed by atoms with Crippen molar-refractivity contribution in [3.05, 3.63) is 66.0 Å². The minimum Gasteiger partial charge on any atom is -0.378 e. The van der Waals surface area contributed by atoms with Gasteiger partial charge in [-0.2, -0.15) is 0 Å². The third-order valence-electron chi connectivity index (χ3n) is 6.71. The van der Waals surface area contributed by atoms with Crippen molar-refractivity contribution in [1.29, 1.82) is 0 Å². The molecule has 5 rings (SSSR count). The summed E-state index contributed by atoms with van der Waals surface area (Å²) in [5, 5.41) is 0. The molecular formula is C24H30N4O. The van der Waals surface area contributed by atoms with Crippen LogP contribution in [0.15, 0.2) is 54.6 Å². The zero-order chi connectivity index (χ0) is 19.8. The maximum Gasteiger partial charge on any atom is 0.106 e. The first kappa shape index (κ1) is 18.8. The van der Waals surface area contributed by atoms with Gasteiger partial charge in [0.15, 0.2) is 0 Å². The highest BCUT2D eigenvalue weighted by Crippen LogP contribution is 2.37. The van der Waals surface area contributed by atoms with Gasteiger partial charge in [0.05, 0.1) is 24.2 Å². The predicted octanol–water partition coefficient (Wildman–Crippen LogP) is 3.84. The van der Waals surface area contributed by atoms with Crippen LogP contribution in [-0.4, -0.2) is 46.3 Å². The second-order valence-electron chi connectivity index (χ2n) is 8.53. The summed E-state index contributed by atoms with van der Waals surface area (Å²) in [6.45, 7) is 4.81. The number of para-hydroxylation sites is 2. The molecule has 1 unspecified atom stereocenters. The van der Waals surface area contributed by atoms with Crippen LogP contribution < -0.4 is 5.73 Å². The summed E-state index contributed by atoms with van der Waals surface area (Å²) in [6.07, 6.45) is 3.20. The molecule has 5 nitrogen and oxygen atoms in total. The van der Waals surface area contributed by atoms with Gasteiger partial charge in [0.2, 0.25) is 0 Å². The summed E-state index contributed by atoms with van der Waals surface area (Å²) in [6, 6.07) is 20.4. The summed E-state index contributed by atoms with van der Waals surface area (Å²) in [5.74, 6) is 1.12. The highest BCUT2D eigenvalue weighted by Gasteiger charge is 2.40. The molecule has 3 aromatic rings. The number of aromatic nitrogens is 2. The van der Waals surface area contributed by atoms with Crippen LogP contribution in [0, 0.1) is 6.92 Å². The molecule has 5 heteroatoms. The molecule has 2 aromatic carbocycles. The number of nitrogens with zero attached hydrogens (tertiary/aromatic N) is 3. The summed E-state index contributed by atoms with van der Waals surface area (Å²) < 4.78 is 8.41. The van der Waals surface area contributed by atoms with E-state index in [0.29, 0.717) is 18.1 Å². The van der Waals surface area contributed by atoms with Crippen LogP contribution >= 0.6 is 0 Å². The van der Waals surface area contributed by atoms with Crippen molar-refractivity contribution in [2.45, 2.75) is 50.4 Å². The van der Waals surface area contributed by atoms with Crippen LogP contribution in [0.5, 0.6) is 0 Å². The van der Waals surface area contributed by atoms with E-state index in [1.165, 1.54) is 11.1 Å². The van der Waals surface area contributed by atoms with E-state index in [-0.39, 0.29) is 6.04 Å². The molecule has 0 spiro atoms. The molecule has 0 radical (unpaired) electrons. The summed E-state index contributed by atoms with van der Waals surface area (Å²) in [7, 11) is 0. The van der Waals surface area contributed by atoms with Crippen molar-refractivity contribution >= 4 is 11.0 Å². The molecule has 0 aliphatic carbocycles. The first-order valence-electron chi connectivity index (χ1n) is 10.8. The van der Waals surface area contributed by atoms with Crippen molar-refractivity contribution in [2.24, 2.45) is 5.73 Å². The normalized spacial score (nSPS) is 25.9. The Morgan fingerprint density at radius 3 is 2.45 bits per heavy atom. The second-order valence-corrected chi connectivity index (χ2v) is 8.53. The third-order valence-corrected chi connectivity index (χ3v) is 6.71. The molecule has 2 aliphatic heterocycles. The summed E-state index contributed by atoms with van der Waals surface area (Å²) >= 11 is 0. The largest absolute Gasteiger partial charge is 0.378 e. The number of fused-ring (bicyclic) bond motifs is 3.